The molecule has 4 nitrogen and oxygen atoms in total. The maximum absolute atomic E-state index is 12.3. The van der Waals surface area contributed by atoms with E-state index in [-0.39, 0.29) is 5.69 Å². The van der Waals surface area contributed by atoms with Crippen molar-refractivity contribution >= 4 is 11.0 Å². The van der Waals surface area contributed by atoms with E-state index in [1.54, 1.807) is 0 Å². The summed E-state index contributed by atoms with van der Waals surface area (Å²) in [6, 6.07) is 6.47. The van der Waals surface area contributed by atoms with Gasteiger partial charge in [-0.15, -0.1) is 0 Å². The Morgan fingerprint density at radius 1 is 1.48 bits per heavy atom. The van der Waals surface area contributed by atoms with E-state index in [0.717, 1.165) is 36.2 Å². The molecule has 21 heavy (non-hydrogen) atoms. The summed E-state index contributed by atoms with van der Waals surface area (Å²) in [7, 11) is 0. The van der Waals surface area contributed by atoms with Gasteiger partial charge < -0.3 is 4.98 Å². The van der Waals surface area contributed by atoms with Crippen LogP contribution in [0.1, 0.15) is 26.3 Å². The van der Waals surface area contributed by atoms with Crippen LogP contribution in [0.15, 0.2) is 35.1 Å². The molecular weight excluding hydrogens is 262 g/mol. The Kier molecular flexibility index (Phi) is 3.49. The molecule has 2 aromatic rings. The molecule has 1 atom stereocenters. The van der Waals surface area contributed by atoms with Crippen molar-refractivity contribution in [2.24, 2.45) is 5.92 Å². The third kappa shape index (κ3) is 2.44. The van der Waals surface area contributed by atoms with Crippen molar-refractivity contribution in [2.45, 2.75) is 39.9 Å². The van der Waals surface area contributed by atoms with E-state index in [0.29, 0.717) is 12.0 Å². The Hall–Kier alpha value is -1.81. The third-order valence-corrected chi connectivity index (χ3v) is 4.33. The Bertz CT molecular complexity index is 738. The average molecular weight is 285 g/mol. The van der Waals surface area contributed by atoms with E-state index in [2.05, 4.69) is 43.3 Å². The minimum absolute atomic E-state index is 0.000255. The van der Waals surface area contributed by atoms with E-state index >= 15 is 0 Å². The molecule has 2 heterocycles. The van der Waals surface area contributed by atoms with Gasteiger partial charge in [-0.05, 0) is 24.5 Å². The number of H-pyrrole nitrogens is 1. The lowest BCUT2D eigenvalue weighted by Gasteiger charge is -2.33. The van der Waals surface area contributed by atoms with E-state index in [1.165, 1.54) is 5.56 Å². The van der Waals surface area contributed by atoms with Gasteiger partial charge in [0, 0.05) is 25.7 Å². The van der Waals surface area contributed by atoms with Crippen LogP contribution < -0.4 is 5.69 Å². The van der Waals surface area contributed by atoms with Crippen LogP contribution in [-0.4, -0.2) is 27.0 Å². The molecule has 0 bridgehead atoms. The van der Waals surface area contributed by atoms with Gasteiger partial charge in [0.15, 0.2) is 0 Å². The van der Waals surface area contributed by atoms with E-state index in [4.69, 9.17) is 0 Å². The molecule has 1 aliphatic rings. The zero-order valence-corrected chi connectivity index (χ0v) is 13.0. The minimum Gasteiger partial charge on any atom is -0.306 e. The third-order valence-electron chi connectivity index (χ3n) is 4.33. The van der Waals surface area contributed by atoms with E-state index in [1.807, 2.05) is 16.7 Å². The maximum atomic E-state index is 12.3. The van der Waals surface area contributed by atoms with E-state index < -0.39 is 0 Å². The first-order valence-corrected chi connectivity index (χ1v) is 7.56. The summed E-state index contributed by atoms with van der Waals surface area (Å²) in [5.74, 6) is 0.482. The molecule has 1 aromatic heterocycles. The smallest absolute Gasteiger partial charge is 0.306 e. The number of rotatable bonds is 3. The van der Waals surface area contributed by atoms with Crippen molar-refractivity contribution in [3.63, 3.8) is 0 Å². The minimum atomic E-state index is 0.000255. The highest BCUT2D eigenvalue weighted by Crippen LogP contribution is 2.26. The number of nitrogens with one attached hydrogen (secondary N) is 1. The number of hydrogen-bond acceptors (Lipinski definition) is 2. The van der Waals surface area contributed by atoms with Crippen molar-refractivity contribution in [3.8, 4) is 0 Å². The Morgan fingerprint density at radius 2 is 2.24 bits per heavy atom. The second-order valence-corrected chi connectivity index (χ2v) is 6.53. The van der Waals surface area contributed by atoms with Gasteiger partial charge in [0.1, 0.15) is 0 Å². The fraction of sp³-hybridized carbons (Fsp3) is 0.471. The summed E-state index contributed by atoms with van der Waals surface area (Å²) in [5, 5.41) is 0. The molecule has 0 aliphatic carbocycles. The largest absolute Gasteiger partial charge is 0.326 e. The number of imidazole rings is 1. The number of aromatic nitrogens is 2. The summed E-state index contributed by atoms with van der Waals surface area (Å²) in [5.41, 5.74) is 4.39. The Labute approximate surface area is 125 Å². The molecule has 0 unspecified atom stereocenters. The first-order valence-electron chi connectivity index (χ1n) is 7.56. The Balaban J connectivity index is 2.14. The first-order chi connectivity index (χ1) is 9.97. The van der Waals surface area contributed by atoms with Crippen LogP contribution in [0.3, 0.4) is 0 Å². The monoisotopic (exact) mass is 285 g/mol. The zero-order chi connectivity index (χ0) is 15.1. The Morgan fingerprint density at radius 3 is 2.90 bits per heavy atom. The molecule has 112 valence electrons. The second kappa shape index (κ2) is 5.19. The summed E-state index contributed by atoms with van der Waals surface area (Å²) in [6.07, 6.45) is 0. The standard InChI is InChI=1S/C17H23N3O/c1-11(2)8-19-9-13-6-5-7-14-16(13)20(17(21)18-14)10-15(19)12(3)4/h5-7,12,15H,1,8-10H2,2-4H3,(H,18,21)/t15-/m1/s1. The summed E-state index contributed by atoms with van der Waals surface area (Å²) in [6.45, 7) is 13.1. The highest BCUT2D eigenvalue weighted by atomic mass is 16.1. The van der Waals surface area contributed by atoms with Crippen molar-refractivity contribution < 1.29 is 0 Å². The predicted molar refractivity (Wildman–Crippen MR) is 86.4 cm³/mol. The molecule has 4 heteroatoms. The lowest BCUT2D eigenvalue weighted by Crippen LogP contribution is -2.42. The molecule has 1 aromatic carbocycles. The summed E-state index contributed by atoms with van der Waals surface area (Å²) < 4.78 is 1.91. The maximum Gasteiger partial charge on any atom is 0.326 e. The van der Waals surface area contributed by atoms with Crippen LogP contribution in [0.4, 0.5) is 0 Å². The number of nitrogens with zero attached hydrogens (tertiary/aromatic N) is 2. The average Bonchev–Trinajstić information content (AvgIpc) is 2.60. The SMILES string of the molecule is C=C(C)CN1Cc2cccc3[nH]c(=O)n(c23)C[C@@H]1C(C)C. The lowest BCUT2D eigenvalue weighted by atomic mass is 10.0. The highest BCUT2D eigenvalue weighted by Gasteiger charge is 2.28. The van der Waals surface area contributed by atoms with Gasteiger partial charge in [0.05, 0.1) is 11.0 Å². The molecule has 1 N–H and O–H groups in total. The van der Waals surface area contributed by atoms with Crippen molar-refractivity contribution in [3.05, 3.63) is 46.4 Å². The van der Waals surface area contributed by atoms with Gasteiger partial charge in [0.2, 0.25) is 0 Å². The van der Waals surface area contributed by atoms with Gasteiger partial charge in [-0.25, -0.2) is 4.79 Å². The molecule has 0 saturated carbocycles. The highest BCUT2D eigenvalue weighted by molar-refractivity contribution is 5.79. The van der Waals surface area contributed by atoms with Crippen LogP contribution in [0.2, 0.25) is 0 Å². The molecule has 3 rings (SSSR count). The van der Waals surface area contributed by atoms with Gasteiger partial charge in [-0.3, -0.25) is 9.47 Å². The van der Waals surface area contributed by atoms with Crippen LogP contribution >= 0.6 is 0 Å². The van der Waals surface area contributed by atoms with Crippen molar-refractivity contribution in [1.29, 1.82) is 0 Å². The predicted octanol–water partition coefficient (Wildman–Crippen LogP) is 2.75. The topological polar surface area (TPSA) is 41.0 Å². The molecule has 0 saturated heterocycles. The van der Waals surface area contributed by atoms with Crippen molar-refractivity contribution in [1.82, 2.24) is 14.5 Å². The van der Waals surface area contributed by atoms with Crippen LogP contribution in [0.5, 0.6) is 0 Å². The molecule has 0 amide bonds. The quantitative estimate of drug-likeness (QED) is 0.881. The lowest BCUT2D eigenvalue weighted by molar-refractivity contribution is 0.147. The summed E-state index contributed by atoms with van der Waals surface area (Å²) in [4.78, 5) is 17.7. The van der Waals surface area contributed by atoms with Crippen LogP contribution in [0, 0.1) is 5.92 Å². The summed E-state index contributed by atoms with van der Waals surface area (Å²) >= 11 is 0. The normalized spacial score (nSPS) is 19.1. The van der Waals surface area contributed by atoms with Gasteiger partial charge in [-0.2, -0.15) is 0 Å². The van der Waals surface area contributed by atoms with Crippen LogP contribution in [-0.2, 0) is 13.1 Å². The molecule has 1 aliphatic heterocycles. The number of hydrogen-bond donors (Lipinski definition) is 1. The fourth-order valence-electron chi connectivity index (χ4n) is 3.39. The molecule has 0 spiro atoms. The molecule has 0 fully saturated rings. The van der Waals surface area contributed by atoms with Crippen LogP contribution in [0.25, 0.3) is 11.0 Å². The van der Waals surface area contributed by atoms with Gasteiger partial charge >= 0.3 is 5.69 Å². The first kappa shape index (κ1) is 14.1. The van der Waals surface area contributed by atoms with E-state index in [9.17, 15) is 4.79 Å². The second-order valence-electron chi connectivity index (χ2n) is 6.53. The molecule has 0 radical (unpaired) electrons. The zero-order valence-electron chi connectivity index (χ0n) is 13.0. The number of para-hydroxylation sites is 1. The van der Waals surface area contributed by atoms with Crippen molar-refractivity contribution in [2.75, 3.05) is 6.54 Å². The van der Waals surface area contributed by atoms with Gasteiger partial charge in [-0.1, -0.05) is 38.1 Å². The molecular formula is C17H23N3O. The van der Waals surface area contributed by atoms with Gasteiger partial charge in [0.25, 0.3) is 0 Å². The number of aromatic amines is 1. The fourth-order valence-corrected chi connectivity index (χ4v) is 3.39. The number of benzene rings is 1.